The van der Waals surface area contributed by atoms with E-state index in [1.54, 1.807) is 24.6 Å². The van der Waals surface area contributed by atoms with Crippen LogP contribution in [0.5, 0.6) is 0 Å². The number of carbonyl (C=O) groups excluding carboxylic acids is 1. The normalized spacial score (nSPS) is 13.9. The zero-order chi connectivity index (χ0) is 28.9. The number of piperazine rings is 1. The molecule has 1 aliphatic rings. The lowest BCUT2D eigenvalue weighted by molar-refractivity contribution is -0.114. The first-order valence-electron chi connectivity index (χ1n) is 14.1. The van der Waals surface area contributed by atoms with Crippen molar-refractivity contribution in [2.75, 3.05) is 62.0 Å². The Hall–Kier alpha value is -4.32. The van der Waals surface area contributed by atoms with E-state index < -0.39 is 0 Å². The van der Waals surface area contributed by atoms with Gasteiger partial charge in [-0.25, -0.2) is 15.0 Å². The molecule has 0 radical (unpaired) electrons. The molecule has 6 rings (SSSR count). The molecular weight excluding hydrogens is 548 g/mol. The van der Waals surface area contributed by atoms with Crippen molar-refractivity contribution in [1.29, 1.82) is 0 Å². The van der Waals surface area contributed by atoms with Gasteiger partial charge in [-0.3, -0.25) is 14.1 Å². The summed E-state index contributed by atoms with van der Waals surface area (Å²) in [5.74, 6) is 0.391. The van der Waals surface area contributed by atoms with E-state index in [9.17, 15) is 4.79 Å². The van der Waals surface area contributed by atoms with Gasteiger partial charge in [0.15, 0.2) is 4.96 Å². The summed E-state index contributed by atoms with van der Waals surface area (Å²) in [6.07, 6.45) is 4.83. The van der Waals surface area contributed by atoms with Crippen LogP contribution in [0.15, 0.2) is 72.4 Å². The molecule has 42 heavy (non-hydrogen) atoms. The Labute approximate surface area is 249 Å². The highest BCUT2D eigenvalue weighted by Gasteiger charge is 2.20. The minimum atomic E-state index is -0.117. The fourth-order valence-corrected chi connectivity index (χ4v) is 5.99. The average Bonchev–Trinajstić information content (AvgIpc) is 3.60. The molecule has 5 aromatic rings. The third kappa shape index (κ3) is 6.28. The molecule has 1 amide bonds. The Morgan fingerprint density at radius 3 is 2.64 bits per heavy atom. The van der Waals surface area contributed by atoms with Gasteiger partial charge in [-0.2, -0.15) is 0 Å². The lowest BCUT2D eigenvalue weighted by Crippen LogP contribution is -2.46. The molecule has 1 aliphatic heterocycles. The summed E-state index contributed by atoms with van der Waals surface area (Å²) in [5.41, 5.74) is 6.17. The van der Waals surface area contributed by atoms with Crippen molar-refractivity contribution in [2.24, 2.45) is 0 Å². The second kappa shape index (κ2) is 12.7. The van der Waals surface area contributed by atoms with Crippen molar-refractivity contribution in [3.63, 3.8) is 0 Å². The zero-order valence-electron chi connectivity index (χ0n) is 23.8. The molecule has 4 heterocycles. The Kier molecular flexibility index (Phi) is 8.40. The minimum Gasteiger partial charge on any atom is -0.385 e. The molecular formula is C31H34N8O2S. The topological polar surface area (TPSA) is 99.9 Å². The fraction of sp³-hybridized carbons (Fsp3) is 0.290. The number of nitrogens with one attached hydrogen (secondary N) is 2. The molecule has 0 saturated carbocycles. The fourth-order valence-electron chi connectivity index (χ4n) is 5.28. The van der Waals surface area contributed by atoms with Crippen LogP contribution in [0, 0.1) is 0 Å². The van der Waals surface area contributed by atoms with E-state index in [4.69, 9.17) is 14.7 Å². The van der Waals surface area contributed by atoms with Gasteiger partial charge in [0.05, 0.1) is 11.4 Å². The first-order chi connectivity index (χ1) is 20.6. The van der Waals surface area contributed by atoms with Gasteiger partial charge in [0.2, 0.25) is 11.9 Å². The number of hydrogen-bond donors (Lipinski definition) is 2. The molecule has 0 spiro atoms. The maximum atomic E-state index is 11.6. The van der Waals surface area contributed by atoms with Crippen LogP contribution in [0.2, 0.25) is 0 Å². The Bertz CT molecular complexity index is 1660. The smallest absolute Gasteiger partial charge is 0.227 e. The second-order valence-corrected chi connectivity index (χ2v) is 11.1. The lowest BCUT2D eigenvalue weighted by atomic mass is 10.1. The molecule has 0 aliphatic carbocycles. The molecule has 11 heteroatoms. The van der Waals surface area contributed by atoms with E-state index in [0.717, 1.165) is 84.7 Å². The highest BCUT2D eigenvalue weighted by Crippen LogP contribution is 2.35. The van der Waals surface area contributed by atoms with Gasteiger partial charge in [0.1, 0.15) is 5.69 Å². The summed E-state index contributed by atoms with van der Waals surface area (Å²) >= 11 is 1.56. The Balaban J connectivity index is 1.19. The predicted molar refractivity (Wildman–Crippen MR) is 169 cm³/mol. The number of ether oxygens (including phenoxy) is 1. The molecule has 10 nitrogen and oxygen atoms in total. The number of aromatic nitrogens is 4. The molecule has 216 valence electrons. The number of imidazole rings is 1. The van der Waals surface area contributed by atoms with Gasteiger partial charge in [-0.15, -0.1) is 11.3 Å². The van der Waals surface area contributed by atoms with Crippen molar-refractivity contribution in [3.8, 4) is 22.6 Å². The van der Waals surface area contributed by atoms with E-state index >= 15 is 0 Å². The van der Waals surface area contributed by atoms with Crippen LogP contribution < -0.4 is 15.5 Å². The van der Waals surface area contributed by atoms with E-state index in [-0.39, 0.29) is 5.91 Å². The summed E-state index contributed by atoms with van der Waals surface area (Å²) in [5, 5.41) is 8.23. The summed E-state index contributed by atoms with van der Waals surface area (Å²) in [6, 6.07) is 18.0. The van der Waals surface area contributed by atoms with E-state index in [2.05, 4.69) is 49.7 Å². The van der Waals surface area contributed by atoms with E-state index in [1.165, 1.54) is 12.6 Å². The molecule has 0 unspecified atom stereocenters. The number of rotatable bonds is 10. The maximum Gasteiger partial charge on any atom is 0.227 e. The quantitative estimate of drug-likeness (QED) is 0.212. The van der Waals surface area contributed by atoms with Gasteiger partial charge < -0.3 is 20.3 Å². The number of benzene rings is 2. The van der Waals surface area contributed by atoms with Crippen LogP contribution in [-0.2, 0) is 9.53 Å². The van der Waals surface area contributed by atoms with Crippen LogP contribution in [0.1, 0.15) is 13.3 Å². The van der Waals surface area contributed by atoms with Crippen LogP contribution in [-0.4, -0.2) is 76.6 Å². The van der Waals surface area contributed by atoms with Gasteiger partial charge in [-0.1, -0.05) is 12.1 Å². The Morgan fingerprint density at radius 1 is 1.02 bits per heavy atom. The molecule has 2 N–H and O–H groups in total. The number of anilines is 4. The van der Waals surface area contributed by atoms with Gasteiger partial charge in [0, 0.05) is 93.8 Å². The van der Waals surface area contributed by atoms with E-state index in [0.29, 0.717) is 5.95 Å². The number of amides is 1. The maximum absolute atomic E-state index is 11.6. The molecule has 2 aromatic carbocycles. The minimum absolute atomic E-state index is 0.117. The van der Waals surface area contributed by atoms with Gasteiger partial charge >= 0.3 is 0 Å². The number of fused-ring (bicyclic) bond motifs is 1. The van der Waals surface area contributed by atoms with Crippen LogP contribution >= 0.6 is 11.3 Å². The summed E-state index contributed by atoms with van der Waals surface area (Å²) in [6.45, 7) is 7.57. The number of carbonyl (C=O) groups is 1. The van der Waals surface area contributed by atoms with Crippen LogP contribution in [0.4, 0.5) is 23.0 Å². The highest BCUT2D eigenvalue weighted by molar-refractivity contribution is 7.15. The van der Waals surface area contributed by atoms with Crippen molar-refractivity contribution in [2.45, 2.75) is 13.3 Å². The molecule has 1 fully saturated rings. The number of methoxy groups -OCH3 is 1. The van der Waals surface area contributed by atoms with Gasteiger partial charge in [-0.05, 0) is 48.9 Å². The third-order valence-electron chi connectivity index (χ3n) is 7.30. The van der Waals surface area contributed by atoms with Crippen LogP contribution in [0.3, 0.4) is 0 Å². The monoisotopic (exact) mass is 582 g/mol. The number of nitrogens with zero attached hydrogens (tertiary/aromatic N) is 6. The molecule has 1 saturated heterocycles. The predicted octanol–water partition coefficient (Wildman–Crippen LogP) is 5.38. The van der Waals surface area contributed by atoms with Gasteiger partial charge in [0.25, 0.3) is 0 Å². The average molecular weight is 583 g/mol. The highest BCUT2D eigenvalue weighted by atomic mass is 32.1. The number of thiazole rings is 1. The molecule has 0 atom stereocenters. The Morgan fingerprint density at radius 2 is 1.86 bits per heavy atom. The van der Waals surface area contributed by atoms with Crippen LogP contribution in [0.25, 0.3) is 27.6 Å². The molecule has 0 bridgehead atoms. The summed E-state index contributed by atoms with van der Waals surface area (Å²) in [7, 11) is 1.76. The largest absolute Gasteiger partial charge is 0.385 e. The van der Waals surface area contributed by atoms with E-state index in [1.807, 2.05) is 46.3 Å². The summed E-state index contributed by atoms with van der Waals surface area (Å²) < 4.78 is 7.23. The zero-order valence-corrected chi connectivity index (χ0v) is 24.6. The first-order valence-corrected chi connectivity index (χ1v) is 15.0. The molecule has 3 aromatic heterocycles. The third-order valence-corrected chi connectivity index (χ3v) is 8.06. The van der Waals surface area contributed by atoms with Crippen molar-refractivity contribution >= 4 is 45.2 Å². The SMILES string of the molecule is COCCCN1CCN(c2ccc(Nc3nccc(-c4c(-c5cccc(NC(C)=O)c5)nc5sccn45)n3)cc2)CC1. The van der Waals surface area contributed by atoms with Crippen molar-refractivity contribution < 1.29 is 9.53 Å². The summed E-state index contributed by atoms with van der Waals surface area (Å²) in [4.78, 5) is 31.7. The number of hydrogen-bond acceptors (Lipinski definition) is 9. The van der Waals surface area contributed by atoms with Crippen molar-refractivity contribution in [3.05, 3.63) is 72.4 Å². The lowest BCUT2D eigenvalue weighted by Gasteiger charge is -2.36. The van der Waals surface area contributed by atoms with Crippen molar-refractivity contribution in [1.82, 2.24) is 24.3 Å². The second-order valence-electron chi connectivity index (χ2n) is 10.2. The standard InChI is InChI=1S/C31H34N8O2S/c1-22(40)33-25-6-3-5-23(21-25)28-29(39-18-20-42-31(39)36-28)27-11-12-32-30(35-27)34-24-7-9-26(10-8-24)38-16-14-37(15-17-38)13-4-19-41-2/h3,5-12,18,20-21H,4,13-17,19H2,1-2H3,(H,33,40)(H,32,34,35). The first kappa shape index (κ1) is 27.8.